The molecule has 1 amide bonds. The van der Waals surface area contributed by atoms with E-state index in [9.17, 15) is 4.79 Å². The van der Waals surface area contributed by atoms with Crippen molar-refractivity contribution >= 4 is 11.4 Å². The van der Waals surface area contributed by atoms with E-state index >= 15 is 0 Å². The van der Waals surface area contributed by atoms with Crippen LogP contribution in [0.4, 0.5) is 0 Å². The number of hydrogen-bond donors (Lipinski definition) is 0. The van der Waals surface area contributed by atoms with E-state index in [1.54, 1.807) is 6.92 Å². The van der Waals surface area contributed by atoms with Gasteiger partial charge in [0.05, 0.1) is 11.7 Å². The zero-order valence-corrected chi connectivity index (χ0v) is 13.7. The Morgan fingerprint density at radius 3 is 3.00 bits per heavy atom. The van der Waals surface area contributed by atoms with Gasteiger partial charge in [0, 0.05) is 43.9 Å². The molecule has 1 saturated heterocycles. The summed E-state index contributed by atoms with van der Waals surface area (Å²) in [5, 5.41) is 4.44. The molecule has 0 N–H and O–H groups in total. The van der Waals surface area contributed by atoms with Crippen molar-refractivity contribution in [3.8, 4) is 0 Å². The molecule has 0 aromatic carbocycles. The summed E-state index contributed by atoms with van der Waals surface area (Å²) in [6.45, 7) is 4.64. The first-order valence-electron chi connectivity index (χ1n) is 8.65. The minimum absolute atomic E-state index is 0.232. The van der Waals surface area contributed by atoms with E-state index in [0.29, 0.717) is 12.1 Å². The van der Waals surface area contributed by atoms with Gasteiger partial charge in [0.15, 0.2) is 0 Å². The first-order chi connectivity index (χ1) is 11.2. The summed E-state index contributed by atoms with van der Waals surface area (Å²) >= 11 is 0. The third-order valence-electron chi connectivity index (χ3n) is 5.18. The smallest absolute Gasteiger partial charge is 0.219 e. The third kappa shape index (κ3) is 2.98. The van der Waals surface area contributed by atoms with Crippen LogP contribution in [0.15, 0.2) is 30.6 Å². The molecule has 5 heteroatoms. The van der Waals surface area contributed by atoms with Crippen LogP contribution in [0, 0.1) is 0 Å². The summed E-state index contributed by atoms with van der Waals surface area (Å²) in [7, 11) is 0. The van der Waals surface area contributed by atoms with E-state index in [0.717, 1.165) is 19.6 Å². The van der Waals surface area contributed by atoms with Crippen LogP contribution in [0.25, 0.3) is 5.52 Å². The number of fused-ring (bicyclic) bond motifs is 1. The zero-order valence-electron chi connectivity index (χ0n) is 13.7. The van der Waals surface area contributed by atoms with Crippen molar-refractivity contribution in [2.75, 3.05) is 13.1 Å². The molecule has 1 unspecified atom stereocenters. The second-order valence-corrected chi connectivity index (χ2v) is 6.87. The van der Waals surface area contributed by atoms with Gasteiger partial charge >= 0.3 is 0 Å². The maximum atomic E-state index is 11.9. The summed E-state index contributed by atoms with van der Waals surface area (Å²) in [6.07, 6.45) is 8.75. The maximum Gasteiger partial charge on any atom is 0.219 e. The summed E-state index contributed by atoms with van der Waals surface area (Å²) in [6, 6.07) is 7.18. The number of likely N-dealkylation sites (tertiary alicyclic amines) is 1. The average molecular weight is 312 g/mol. The second kappa shape index (κ2) is 5.96. The normalized spacial score (nSPS) is 21.9. The van der Waals surface area contributed by atoms with Crippen LogP contribution in [-0.2, 0) is 11.3 Å². The molecule has 4 rings (SSSR count). The van der Waals surface area contributed by atoms with Crippen molar-refractivity contribution < 1.29 is 4.79 Å². The number of pyridine rings is 1. The van der Waals surface area contributed by atoms with Crippen LogP contribution in [0.5, 0.6) is 0 Å². The van der Waals surface area contributed by atoms with Crippen molar-refractivity contribution in [1.29, 1.82) is 0 Å². The van der Waals surface area contributed by atoms with Crippen molar-refractivity contribution in [2.45, 2.75) is 51.2 Å². The molecule has 2 fully saturated rings. The molecule has 3 heterocycles. The summed E-state index contributed by atoms with van der Waals surface area (Å²) in [4.78, 5) is 16.5. The lowest BCUT2D eigenvalue weighted by molar-refractivity contribution is -0.130. The number of aromatic nitrogens is 2. The minimum atomic E-state index is 0.232. The highest BCUT2D eigenvalue weighted by Gasteiger charge is 2.35. The zero-order chi connectivity index (χ0) is 15.8. The molecule has 1 atom stereocenters. The van der Waals surface area contributed by atoms with E-state index in [-0.39, 0.29) is 5.91 Å². The lowest BCUT2D eigenvalue weighted by Crippen LogP contribution is -2.43. The molecule has 2 aromatic rings. The van der Waals surface area contributed by atoms with E-state index in [1.165, 1.54) is 36.8 Å². The second-order valence-electron chi connectivity index (χ2n) is 6.87. The minimum Gasteiger partial charge on any atom is -0.338 e. The van der Waals surface area contributed by atoms with Crippen molar-refractivity contribution in [3.63, 3.8) is 0 Å². The van der Waals surface area contributed by atoms with Gasteiger partial charge in [0.25, 0.3) is 0 Å². The molecular formula is C18H24N4O. The molecule has 0 bridgehead atoms. The molecule has 2 aromatic heterocycles. The molecule has 23 heavy (non-hydrogen) atoms. The summed E-state index contributed by atoms with van der Waals surface area (Å²) in [5.74, 6) is 0.232. The Balaban J connectivity index is 1.48. The lowest BCUT2D eigenvalue weighted by Gasteiger charge is -2.30. The van der Waals surface area contributed by atoms with Crippen LogP contribution in [0.3, 0.4) is 0 Å². The number of carbonyl (C=O) groups excluding carboxylic acids is 1. The predicted octanol–water partition coefficient (Wildman–Crippen LogP) is 2.31. The molecular weight excluding hydrogens is 288 g/mol. The molecule has 1 aliphatic heterocycles. The average Bonchev–Trinajstić information content (AvgIpc) is 3.16. The molecule has 0 spiro atoms. The van der Waals surface area contributed by atoms with E-state index in [2.05, 4.69) is 27.0 Å². The Bertz CT molecular complexity index is 706. The number of nitrogens with zero attached hydrogens (tertiary/aromatic N) is 4. The van der Waals surface area contributed by atoms with E-state index in [4.69, 9.17) is 0 Å². The van der Waals surface area contributed by atoms with Crippen LogP contribution < -0.4 is 0 Å². The van der Waals surface area contributed by atoms with Gasteiger partial charge in [-0.1, -0.05) is 6.07 Å². The molecule has 1 saturated carbocycles. The van der Waals surface area contributed by atoms with Crippen LogP contribution in [0.2, 0.25) is 0 Å². The molecule has 5 nitrogen and oxygen atoms in total. The number of rotatable bonds is 5. The molecule has 1 aliphatic carbocycles. The van der Waals surface area contributed by atoms with Crippen molar-refractivity contribution in [1.82, 2.24) is 19.4 Å². The summed E-state index contributed by atoms with van der Waals surface area (Å²) in [5.41, 5.74) is 2.46. The topological polar surface area (TPSA) is 40.9 Å². The Morgan fingerprint density at radius 1 is 1.35 bits per heavy atom. The van der Waals surface area contributed by atoms with Gasteiger partial charge in [-0.05, 0) is 44.4 Å². The maximum absolute atomic E-state index is 11.9. The highest BCUT2D eigenvalue weighted by molar-refractivity contribution is 5.74. The van der Waals surface area contributed by atoms with Crippen LogP contribution in [-0.4, -0.2) is 50.5 Å². The van der Waals surface area contributed by atoms with Gasteiger partial charge in [-0.3, -0.25) is 9.69 Å². The first-order valence-corrected chi connectivity index (χ1v) is 8.65. The van der Waals surface area contributed by atoms with E-state index < -0.39 is 0 Å². The SMILES string of the molecule is CC(=O)N(CC1CCCN1Cc1cnn2ccccc12)C1CC1. The van der Waals surface area contributed by atoms with Crippen molar-refractivity contribution in [2.24, 2.45) is 0 Å². The van der Waals surface area contributed by atoms with Crippen LogP contribution in [0.1, 0.15) is 38.2 Å². The predicted molar refractivity (Wildman–Crippen MR) is 89.0 cm³/mol. The van der Waals surface area contributed by atoms with Gasteiger partial charge in [-0.2, -0.15) is 5.10 Å². The lowest BCUT2D eigenvalue weighted by atomic mass is 10.2. The number of amides is 1. The molecule has 122 valence electrons. The van der Waals surface area contributed by atoms with Gasteiger partial charge in [-0.25, -0.2) is 4.52 Å². The van der Waals surface area contributed by atoms with Gasteiger partial charge < -0.3 is 4.90 Å². The number of carbonyl (C=O) groups is 1. The van der Waals surface area contributed by atoms with Crippen LogP contribution >= 0.6 is 0 Å². The van der Waals surface area contributed by atoms with Gasteiger partial charge in [0.2, 0.25) is 5.91 Å². The molecule has 0 radical (unpaired) electrons. The Labute approximate surface area is 136 Å². The Kier molecular flexibility index (Phi) is 3.81. The third-order valence-corrected chi connectivity index (χ3v) is 5.18. The highest BCUT2D eigenvalue weighted by atomic mass is 16.2. The van der Waals surface area contributed by atoms with Gasteiger partial charge in [0.1, 0.15) is 0 Å². The largest absolute Gasteiger partial charge is 0.338 e. The fourth-order valence-corrected chi connectivity index (χ4v) is 3.79. The van der Waals surface area contributed by atoms with E-state index in [1.807, 2.05) is 23.0 Å². The highest BCUT2D eigenvalue weighted by Crippen LogP contribution is 2.30. The Hall–Kier alpha value is -1.88. The van der Waals surface area contributed by atoms with Gasteiger partial charge in [-0.15, -0.1) is 0 Å². The summed E-state index contributed by atoms with van der Waals surface area (Å²) < 4.78 is 1.94. The first kappa shape index (κ1) is 14.7. The number of hydrogen-bond acceptors (Lipinski definition) is 3. The Morgan fingerprint density at radius 2 is 2.22 bits per heavy atom. The fourth-order valence-electron chi connectivity index (χ4n) is 3.79. The monoisotopic (exact) mass is 312 g/mol. The molecule has 2 aliphatic rings. The standard InChI is InChI=1S/C18H24N4O/c1-14(23)21(16-7-8-16)13-17-5-4-9-20(17)12-15-11-19-22-10-3-2-6-18(15)22/h2-3,6,10-11,16-17H,4-5,7-9,12-13H2,1H3. The van der Waals surface area contributed by atoms with Crippen molar-refractivity contribution in [3.05, 3.63) is 36.2 Å². The quantitative estimate of drug-likeness (QED) is 0.851. The fraction of sp³-hybridized carbons (Fsp3) is 0.556.